The second-order valence-electron chi connectivity index (χ2n) is 3.79. The molecule has 0 saturated carbocycles. The van der Waals surface area contributed by atoms with Gasteiger partial charge < -0.3 is 4.74 Å². The van der Waals surface area contributed by atoms with Crippen molar-refractivity contribution in [2.75, 3.05) is 26.3 Å². The van der Waals surface area contributed by atoms with Gasteiger partial charge in [0.15, 0.2) is 0 Å². The molecule has 3 heteroatoms. The van der Waals surface area contributed by atoms with Crippen LogP contribution in [0.5, 0.6) is 0 Å². The van der Waals surface area contributed by atoms with Gasteiger partial charge in [-0.3, -0.25) is 4.90 Å². The highest BCUT2D eigenvalue weighted by Gasteiger charge is 2.18. The summed E-state index contributed by atoms with van der Waals surface area (Å²) in [6.45, 7) is 5.42. The fourth-order valence-electron chi connectivity index (χ4n) is 1.86. The molecule has 1 heterocycles. The summed E-state index contributed by atoms with van der Waals surface area (Å²) < 4.78 is 18.3. The smallest absolute Gasteiger partial charge is 0.123 e. The molecule has 1 aromatic carbocycles. The first-order valence-electron chi connectivity index (χ1n) is 5.26. The average molecular weight is 208 g/mol. The van der Waals surface area contributed by atoms with E-state index in [1.165, 1.54) is 6.07 Å². The molecule has 1 unspecified atom stereocenters. The summed E-state index contributed by atoms with van der Waals surface area (Å²) in [4.78, 5) is 2.29. The molecular formula is C12H15FNO. The predicted molar refractivity (Wildman–Crippen MR) is 56.0 cm³/mol. The van der Waals surface area contributed by atoms with Crippen molar-refractivity contribution in [1.82, 2.24) is 4.90 Å². The summed E-state index contributed by atoms with van der Waals surface area (Å²) in [7, 11) is 0. The Balaban J connectivity index is 2.08. The van der Waals surface area contributed by atoms with Crippen molar-refractivity contribution in [1.29, 1.82) is 0 Å². The molecule has 1 saturated heterocycles. The number of benzene rings is 1. The van der Waals surface area contributed by atoms with Crippen LogP contribution in [-0.4, -0.2) is 31.2 Å². The maximum absolute atomic E-state index is 13.0. The van der Waals surface area contributed by atoms with E-state index in [4.69, 9.17) is 4.74 Å². The van der Waals surface area contributed by atoms with Crippen molar-refractivity contribution in [3.8, 4) is 0 Å². The van der Waals surface area contributed by atoms with Gasteiger partial charge >= 0.3 is 0 Å². The summed E-state index contributed by atoms with van der Waals surface area (Å²) >= 11 is 0. The molecule has 0 aliphatic carbocycles. The van der Waals surface area contributed by atoms with Crippen LogP contribution in [0.1, 0.15) is 18.5 Å². The number of halogens is 1. The van der Waals surface area contributed by atoms with E-state index in [2.05, 4.69) is 17.9 Å². The molecule has 1 aliphatic heterocycles. The van der Waals surface area contributed by atoms with Gasteiger partial charge in [-0.1, -0.05) is 6.07 Å². The Hall–Kier alpha value is -0.930. The third-order valence-electron chi connectivity index (χ3n) is 2.83. The first-order chi connectivity index (χ1) is 7.27. The molecule has 0 amide bonds. The van der Waals surface area contributed by atoms with Crippen LogP contribution in [0.2, 0.25) is 0 Å². The fraction of sp³-hybridized carbons (Fsp3) is 0.500. The van der Waals surface area contributed by atoms with E-state index >= 15 is 0 Å². The molecule has 15 heavy (non-hydrogen) atoms. The largest absolute Gasteiger partial charge is 0.379 e. The second-order valence-corrected chi connectivity index (χ2v) is 3.79. The molecule has 0 bridgehead atoms. The Morgan fingerprint density at radius 3 is 2.87 bits per heavy atom. The zero-order valence-electron chi connectivity index (χ0n) is 8.87. The fourth-order valence-corrected chi connectivity index (χ4v) is 1.86. The number of rotatable bonds is 2. The molecular weight excluding hydrogens is 193 g/mol. The summed E-state index contributed by atoms with van der Waals surface area (Å²) in [6.07, 6.45) is 0. The van der Waals surface area contributed by atoms with Crippen molar-refractivity contribution in [2.45, 2.75) is 13.0 Å². The van der Waals surface area contributed by atoms with Gasteiger partial charge in [0.2, 0.25) is 0 Å². The van der Waals surface area contributed by atoms with E-state index in [0.717, 1.165) is 31.9 Å². The molecule has 2 rings (SSSR count). The first kappa shape index (κ1) is 10.6. The lowest BCUT2D eigenvalue weighted by atomic mass is 10.1. The van der Waals surface area contributed by atoms with Gasteiger partial charge in [-0.2, -0.15) is 0 Å². The van der Waals surface area contributed by atoms with Gasteiger partial charge in [0.25, 0.3) is 0 Å². The predicted octanol–water partition coefficient (Wildman–Crippen LogP) is 2.02. The number of morpholine rings is 1. The monoisotopic (exact) mass is 208 g/mol. The van der Waals surface area contributed by atoms with Gasteiger partial charge in [-0.15, -0.1) is 0 Å². The van der Waals surface area contributed by atoms with Crippen molar-refractivity contribution in [3.05, 3.63) is 35.6 Å². The molecule has 1 aromatic rings. The van der Waals surface area contributed by atoms with Crippen molar-refractivity contribution in [3.63, 3.8) is 0 Å². The van der Waals surface area contributed by atoms with Crippen LogP contribution >= 0.6 is 0 Å². The van der Waals surface area contributed by atoms with E-state index in [1.807, 2.05) is 0 Å². The van der Waals surface area contributed by atoms with Crippen LogP contribution in [0.3, 0.4) is 0 Å². The van der Waals surface area contributed by atoms with E-state index in [0.29, 0.717) is 0 Å². The van der Waals surface area contributed by atoms with E-state index in [1.54, 1.807) is 12.1 Å². The molecule has 1 atom stereocenters. The SMILES string of the molecule is CC(c1[c]ccc(F)c1)N1CCOCC1. The molecule has 0 N–H and O–H groups in total. The third kappa shape index (κ3) is 2.55. The first-order valence-corrected chi connectivity index (χ1v) is 5.26. The lowest BCUT2D eigenvalue weighted by Crippen LogP contribution is -2.38. The zero-order chi connectivity index (χ0) is 10.7. The minimum absolute atomic E-state index is 0.191. The highest BCUT2D eigenvalue weighted by Crippen LogP contribution is 2.20. The van der Waals surface area contributed by atoms with Crippen LogP contribution in [0.25, 0.3) is 0 Å². The van der Waals surface area contributed by atoms with Gasteiger partial charge in [-0.05, 0) is 30.7 Å². The van der Waals surface area contributed by atoms with Gasteiger partial charge in [0.1, 0.15) is 5.82 Å². The van der Waals surface area contributed by atoms with Crippen molar-refractivity contribution < 1.29 is 9.13 Å². The number of hydrogen-bond acceptors (Lipinski definition) is 2. The summed E-state index contributed by atoms with van der Waals surface area (Å²) in [5.41, 5.74) is 0.914. The molecule has 1 radical (unpaired) electrons. The molecule has 0 aromatic heterocycles. The Morgan fingerprint density at radius 1 is 1.47 bits per heavy atom. The third-order valence-corrected chi connectivity index (χ3v) is 2.83. The summed E-state index contributed by atoms with van der Waals surface area (Å²) in [5.74, 6) is -0.191. The van der Waals surface area contributed by atoms with Crippen LogP contribution in [0.4, 0.5) is 4.39 Å². The standard InChI is InChI=1S/C12H15FNO/c1-10(14-5-7-15-8-6-14)11-3-2-4-12(13)9-11/h2,4,9-10H,5-8H2,1H3. The Morgan fingerprint density at radius 2 is 2.20 bits per heavy atom. The highest BCUT2D eigenvalue weighted by atomic mass is 19.1. The van der Waals surface area contributed by atoms with Gasteiger partial charge in [0, 0.05) is 19.1 Å². The van der Waals surface area contributed by atoms with Crippen LogP contribution < -0.4 is 0 Å². The van der Waals surface area contributed by atoms with E-state index < -0.39 is 0 Å². The highest BCUT2D eigenvalue weighted by molar-refractivity contribution is 5.18. The second kappa shape index (κ2) is 4.73. The number of nitrogens with zero attached hydrogens (tertiary/aromatic N) is 1. The van der Waals surface area contributed by atoms with E-state index in [-0.39, 0.29) is 11.9 Å². The zero-order valence-corrected chi connectivity index (χ0v) is 8.87. The van der Waals surface area contributed by atoms with Gasteiger partial charge in [0.05, 0.1) is 13.2 Å². The molecule has 1 fully saturated rings. The van der Waals surface area contributed by atoms with Crippen LogP contribution in [0.15, 0.2) is 18.2 Å². The number of hydrogen-bond donors (Lipinski definition) is 0. The van der Waals surface area contributed by atoms with Crippen LogP contribution in [-0.2, 0) is 4.74 Å². The quantitative estimate of drug-likeness (QED) is 0.737. The van der Waals surface area contributed by atoms with Crippen molar-refractivity contribution >= 4 is 0 Å². The molecule has 0 spiro atoms. The van der Waals surface area contributed by atoms with E-state index in [9.17, 15) is 4.39 Å². The molecule has 2 nitrogen and oxygen atoms in total. The topological polar surface area (TPSA) is 12.5 Å². The van der Waals surface area contributed by atoms with Crippen LogP contribution in [0, 0.1) is 11.9 Å². The Bertz CT molecular complexity index is 323. The summed E-state index contributed by atoms with van der Waals surface area (Å²) in [6, 6.07) is 7.92. The lowest BCUT2D eigenvalue weighted by molar-refractivity contribution is 0.0197. The lowest BCUT2D eigenvalue weighted by Gasteiger charge is -2.32. The normalized spacial score (nSPS) is 20.1. The molecule has 81 valence electrons. The maximum atomic E-state index is 13.0. The summed E-state index contributed by atoms with van der Waals surface area (Å²) in [5, 5.41) is 0. The molecule has 1 aliphatic rings. The minimum Gasteiger partial charge on any atom is -0.379 e. The average Bonchev–Trinajstić information content (AvgIpc) is 2.29. The Kier molecular flexibility index (Phi) is 3.34. The van der Waals surface area contributed by atoms with Crippen molar-refractivity contribution in [2.24, 2.45) is 0 Å². The minimum atomic E-state index is -0.191. The van der Waals surface area contributed by atoms with Gasteiger partial charge in [-0.25, -0.2) is 4.39 Å². The Labute approximate surface area is 89.7 Å². The maximum Gasteiger partial charge on any atom is 0.123 e. The number of ether oxygens (including phenoxy) is 1.